The van der Waals surface area contributed by atoms with E-state index < -0.39 is 18.3 Å². The van der Waals surface area contributed by atoms with Crippen molar-refractivity contribution in [3.63, 3.8) is 0 Å². The first kappa shape index (κ1) is 20.0. The predicted octanol–water partition coefficient (Wildman–Crippen LogP) is 3.38. The lowest BCUT2D eigenvalue weighted by Crippen LogP contribution is -2.36. The van der Waals surface area contributed by atoms with Gasteiger partial charge in [0.25, 0.3) is 5.92 Å². The van der Waals surface area contributed by atoms with Gasteiger partial charge >= 0.3 is 5.97 Å². The van der Waals surface area contributed by atoms with Crippen molar-refractivity contribution in [1.29, 1.82) is 0 Å². The number of hydrogen-bond acceptors (Lipinski definition) is 5. The minimum absolute atomic E-state index is 0.0873. The second kappa shape index (κ2) is 7.87. The SMILES string of the molecule is O=C(O)c1nn(C[C@@H]2C[C@@H](Oc3ccc(Cl)cn3)CCO2)c2c1CC(F)(F)CC2. The van der Waals surface area contributed by atoms with Gasteiger partial charge in [0.15, 0.2) is 5.69 Å². The third-order valence-corrected chi connectivity index (χ3v) is 5.44. The molecule has 0 bridgehead atoms. The van der Waals surface area contributed by atoms with Gasteiger partial charge in [0.2, 0.25) is 5.88 Å². The summed E-state index contributed by atoms with van der Waals surface area (Å²) in [5.74, 6) is -3.74. The summed E-state index contributed by atoms with van der Waals surface area (Å²) in [7, 11) is 0. The highest BCUT2D eigenvalue weighted by Crippen LogP contribution is 2.35. The highest BCUT2D eigenvalue weighted by atomic mass is 35.5. The van der Waals surface area contributed by atoms with Crippen LogP contribution >= 0.6 is 11.6 Å². The molecule has 1 aliphatic heterocycles. The number of halogens is 3. The number of aromatic nitrogens is 3. The third-order valence-electron chi connectivity index (χ3n) is 5.22. The molecule has 7 nitrogen and oxygen atoms in total. The molecule has 2 atom stereocenters. The van der Waals surface area contributed by atoms with Crippen molar-refractivity contribution < 1.29 is 28.2 Å². The van der Waals surface area contributed by atoms with Gasteiger partial charge in [-0.2, -0.15) is 5.10 Å². The lowest BCUT2D eigenvalue weighted by molar-refractivity contribution is -0.0450. The monoisotopic (exact) mass is 427 g/mol. The number of ether oxygens (including phenoxy) is 2. The molecule has 0 aromatic carbocycles. The van der Waals surface area contributed by atoms with Gasteiger partial charge in [0.05, 0.1) is 24.3 Å². The van der Waals surface area contributed by atoms with Crippen LogP contribution in [0.4, 0.5) is 8.78 Å². The number of pyridine rings is 1. The van der Waals surface area contributed by atoms with Crippen molar-refractivity contribution >= 4 is 17.6 Å². The summed E-state index contributed by atoms with van der Waals surface area (Å²) >= 11 is 5.83. The number of rotatable bonds is 5. The van der Waals surface area contributed by atoms with E-state index in [4.69, 9.17) is 21.1 Å². The molecule has 1 aliphatic carbocycles. The molecular weight excluding hydrogens is 408 g/mol. The molecule has 0 amide bonds. The Kier molecular flexibility index (Phi) is 5.44. The molecule has 0 unspecified atom stereocenters. The first-order chi connectivity index (χ1) is 13.8. The highest BCUT2D eigenvalue weighted by molar-refractivity contribution is 6.30. The average molecular weight is 428 g/mol. The van der Waals surface area contributed by atoms with Crippen LogP contribution in [0, 0.1) is 0 Å². The maximum atomic E-state index is 13.8. The van der Waals surface area contributed by atoms with Gasteiger partial charge in [-0.05, 0) is 12.5 Å². The summed E-state index contributed by atoms with van der Waals surface area (Å²) in [5.41, 5.74) is 0.385. The largest absolute Gasteiger partial charge is 0.476 e. The number of carbonyl (C=O) groups is 1. The van der Waals surface area contributed by atoms with E-state index in [0.717, 1.165) is 0 Å². The van der Waals surface area contributed by atoms with Gasteiger partial charge in [-0.15, -0.1) is 0 Å². The maximum Gasteiger partial charge on any atom is 0.356 e. The minimum atomic E-state index is -2.91. The molecule has 29 heavy (non-hydrogen) atoms. The standard InChI is InChI=1S/C19H20ClF2N3O4/c20-11-1-2-16(23-9-11)29-12-4-6-28-13(7-12)10-25-15-3-5-19(21,22)8-14(15)17(24-25)18(26)27/h1-2,9,12-13H,3-8,10H2,(H,26,27)/t12-,13-/m0/s1. The zero-order valence-electron chi connectivity index (χ0n) is 15.5. The van der Waals surface area contributed by atoms with E-state index in [-0.39, 0.29) is 42.9 Å². The summed E-state index contributed by atoms with van der Waals surface area (Å²) in [6.45, 7) is 0.755. The van der Waals surface area contributed by atoms with Gasteiger partial charge in [-0.3, -0.25) is 4.68 Å². The van der Waals surface area contributed by atoms with Crippen LogP contribution in [0.25, 0.3) is 0 Å². The molecule has 3 heterocycles. The number of aromatic carboxylic acids is 1. The van der Waals surface area contributed by atoms with Crippen molar-refractivity contribution in [3.8, 4) is 5.88 Å². The minimum Gasteiger partial charge on any atom is -0.476 e. The normalized spacial score (nSPS) is 23.4. The average Bonchev–Trinajstić information content (AvgIpc) is 3.00. The van der Waals surface area contributed by atoms with Crippen LogP contribution in [0.15, 0.2) is 18.3 Å². The van der Waals surface area contributed by atoms with Crippen LogP contribution in [0.1, 0.15) is 41.0 Å². The van der Waals surface area contributed by atoms with Crippen LogP contribution in [0.3, 0.4) is 0 Å². The molecule has 1 N–H and O–H groups in total. The quantitative estimate of drug-likeness (QED) is 0.787. The topological polar surface area (TPSA) is 86.5 Å². The number of carboxylic acid groups (broad SMARTS) is 1. The first-order valence-corrected chi connectivity index (χ1v) is 9.78. The number of fused-ring (bicyclic) bond motifs is 1. The van der Waals surface area contributed by atoms with Crippen LogP contribution in [0.5, 0.6) is 5.88 Å². The predicted molar refractivity (Wildman–Crippen MR) is 98.8 cm³/mol. The van der Waals surface area contributed by atoms with E-state index in [9.17, 15) is 18.7 Å². The maximum absolute atomic E-state index is 13.8. The van der Waals surface area contributed by atoms with Crippen LogP contribution in [-0.2, 0) is 24.1 Å². The smallest absolute Gasteiger partial charge is 0.356 e. The fourth-order valence-corrected chi connectivity index (χ4v) is 3.96. The summed E-state index contributed by atoms with van der Waals surface area (Å²) in [6.07, 6.45) is 1.53. The van der Waals surface area contributed by atoms with Crippen LogP contribution < -0.4 is 4.74 Å². The summed E-state index contributed by atoms with van der Waals surface area (Å²) in [4.78, 5) is 15.6. The van der Waals surface area contributed by atoms with E-state index in [1.807, 2.05) is 0 Å². The van der Waals surface area contributed by atoms with E-state index in [1.54, 1.807) is 12.1 Å². The van der Waals surface area contributed by atoms with E-state index in [1.165, 1.54) is 10.9 Å². The van der Waals surface area contributed by atoms with Crippen molar-refractivity contribution in [2.45, 2.75) is 56.8 Å². The highest BCUT2D eigenvalue weighted by Gasteiger charge is 2.39. The van der Waals surface area contributed by atoms with Crippen LogP contribution in [0.2, 0.25) is 5.02 Å². The molecular formula is C19H20ClF2N3O4. The molecule has 2 aromatic rings. The Labute approximate surface area is 170 Å². The third kappa shape index (κ3) is 4.51. The molecule has 1 saturated heterocycles. The van der Waals surface area contributed by atoms with Crippen molar-refractivity contribution in [1.82, 2.24) is 14.8 Å². The zero-order valence-corrected chi connectivity index (χ0v) is 16.2. The summed E-state index contributed by atoms with van der Waals surface area (Å²) in [5, 5.41) is 14.0. The Morgan fingerprint density at radius 3 is 3.00 bits per heavy atom. The lowest BCUT2D eigenvalue weighted by atomic mass is 9.92. The van der Waals surface area contributed by atoms with E-state index in [2.05, 4.69) is 10.1 Å². The fourth-order valence-electron chi connectivity index (χ4n) is 3.85. The van der Waals surface area contributed by atoms with Crippen molar-refractivity contribution in [3.05, 3.63) is 40.3 Å². The number of hydrogen-bond donors (Lipinski definition) is 1. The lowest BCUT2D eigenvalue weighted by Gasteiger charge is -2.30. The van der Waals surface area contributed by atoms with Gasteiger partial charge in [-0.25, -0.2) is 18.6 Å². The zero-order chi connectivity index (χ0) is 20.6. The Balaban J connectivity index is 1.47. The van der Waals surface area contributed by atoms with Crippen LogP contribution in [-0.4, -0.2) is 50.6 Å². The van der Waals surface area contributed by atoms with Gasteiger partial charge in [-0.1, -0.05) is 11.6 Å². The Morgan fingerprint density at radius 2 is 2.28 bits per heavy atom. The van der Waals surface area contributed by atoms with Gasteiger partial charge in [0.1, 0.15) is 6.10 Å². The molecule has 0 spiro atoms. The molecule has 4 rings (SSSR count). The molecule has 156 valence electrons. The molecule has 2 aromatic heterocycles. The molecule has 1 fully saturated rings. The Bertz CT molecular complexity index is 904. The first-order valence-electron chi connectivity index (χ1n) is 9.40. The van der Waals surface area contributed by atoms with Crippen molar-refractivity contribution in [2.75, 3.05) is 6.61 Å². The molecule has 2 aliphatic rings. The summed E-state index contributed by atoms with van der Waals surface area (Å²) < 4.78 is 40.8. The van der Waals surface area contributed by atoms with Gasteiger partial charge < -0.3 is 14.6 Å². The fraction of sp³-hybridized carbons (Fsp3) is 0.526. The Morgan fingerprint density at radius 1 is 1.45 bits per heavy atom. The Hall–Kier alpha value is -2.26. The molecule has 10 heteroatoms. The molecule has 0 radical (unpaired) electrons. The second-order valence-corrected chi connectivity index (χ2v) is 7.80. The number of nitrogens with zero attached hydrogens (tertiary/aromatic N) is 3. The van der Waals surface area contributed by atoms with E-state index in [0.29, 0.717) is 36.0 Å². The second-order valence-electron chi connectivity index (χ2n) is 7.37. The summed E-state index contributed by atoms with van der Waals surface area (Å²) in [6, 6.07) is 3.38. The number of carboxylic acids is 1. The number of alkyl halides is 2. The van der Waals surface area contributed by atoms with Crippen molar-refractivity contribution in [2.24, 2.45) is 0 Å². The molecule has 0 saturated carbocycles. The van der Waals surface area contributed by atoms with E-state index >= 15 is 0 Å². The van der Waals surface area contributed by atoms with Gasteiger partial charge in [0, 0.05) is 49.2 Å².